The summed E-state index contributed by atoms with van der Waals surface area (Å²) in [5.41, 5.74) is 0.650. The van der Waals surface area contributed by atoms with E-state index in [0.717, 1.165) is 5.56 Å². The molecule has 12 heteroatoms. The van der Waals surface area contributed by atoms with Gasteiger partial charge in [-0.25, -0.2) is 18.0 Å². The minimum absolute atomic E-state index is 0. The predicted octanol–water partition coefficient (Wildman–Crippen LogP) is 0.492. The number of nitrogens with zero attached hydrogens (tertiary/aromatic N) is 1. The maximum Gasteiger partial charge on any atom is 1.00 e. The second-order valence-corrected chi connectivity index (χ2v) is 11.6. The second-order valence-electron chi connectivity index (χ2n) is 9.92. The Morgan fingerprint density at radius 2 is 1.74 bits per heavy atom. The molecule has 1 aliphatic rings. The van der Waals surface area contributed by atoms with E-state index in [2.05, 4.69) is 10.6 Å². The van der Waals surface area contributed by atoms with Gasteiger partial charge in [-0.2, -0.15) is 0 Å². The van der Waals surface area contributed by atoms with Crippen LogP contribution in [-0.2, 0) is 24.4 Å². The standard InChI is InChI=1S/C26H33N3O7S.K/c1-17(37(33,34)35)19-11-8-12-20(15-19)28-25(32)27-16-23(30)29-21(18-9-6-5-7-10-18)13-14-22(29)24(31)36-26(2,3)4;/h5-12,15,17,21-22H,13-14,16H2,1-4H3,(H2,27,28,32)(H,33,34,35);/q;+1/p-1/t17?,21-,22+;/m1./s1. The zero-order valence-corrected chi connectivity index (χ0v) is 26.2. The van der Waals surface area contributed by atoms with Gasteiger partial charge in [-0.05, 0) is 63.8 Å². The summed E-state index contributed by atoms with van der Waals surface area (Å²) in [7, 11) is -4.55. The molecule has 1 unspecified atom stereocenters. The number of urea groups is 1. The van der Waals surface area contributed by atoms with Gasteiger partial charge in [-0.1, -0.05) is 42.5 Å². The number of benzene rings is 2. The third kappa shape index (κ3) is 8.87. The van der Waals surface area contributed by atoms with Crippen molar-refractivity contribution < 1.29 is 83.5 Å². The Hall–Kier alpha value is -1.80. The first-order valence-corrected chi connectivity index (χ1v) is 13.4. The molecule has 3 rings (SSSR count). The van der Waals surface area contributed by atoms with Gasteiger partial charge in [0.15, 0.2) is 0 Å². The Labute approximate surface area is 266 Å². The first-order chi connectivity index (χ1) is 17.3. The molecule has 1 fully saturated rings. The monoisotopic (exact) mass is 569 g/mol. The van der Waals surface area contributed by atoms with Crippen molar-refractivity contribution in [3.8, 4) is 0 Å². The SMILES string of the molecule is CC(c1cccc(NC(=O)NCC(=O)N2[C@@H](c3ccccc3)CC[C@H]2C(=O)OC(C)(C)C)c1)S(=O)(=O)[O-].[K+]. The van der Waals surface area contributed by atoms with Gasteiger partial charge in [-0.3, -0.25) is 4.79 Å². The van der Waals surface area contributed by atoms with Crippen LogP contribution in [0.4, 0.5) is 10.5 Å². The van der Waals surface area contributed by atoms with Crippen LogP contribution >= 0.6 is 0 Å². The van der Waals surface area contributed by atoms with E-state index in [1.165, 1.54) is 36.1 Å². The van der Waals surface area contributed by atoms with Crippen LogP contribution in [0.15, 0.2) is 54.6 Å². The van der Waals surface area contributed by atoms with Crippen molar-refractivity contribution in [2.45, 2.75) is 63.5 Å². The summed E-state index contributed by atoms with van der Waals surface area (Å²) in [6, 6.07) is 13.4. The molecule has 0 bridgehead atoms. The fourth-order valence-corrected chi connectivity index (χ4v) is 4.70. The van der Waals surface area contributed by atoms with Crippen molar-refractivity contribution >= 4 is 33.7 Å². The molecule has 200 valence electrons. The smallest absolute Gasteiger partial charge is 0.747 e. The first-order valence-electron chi connectivity index (χ1n) is 11.9. The maximum absolute atomic E-state index is 13.3. The molecule has 1 heterocycles. The van der Waals surface area contributed by atoms with Crippen molar-refractivity contribution in [2.75, 3.05) is 11.9 Å². The van der Waals surface area contributed by atoms with E-state index in [9.17, 15) is 27.4 Å². The number of ether oxygens (including phenoxy) is 1. The largest absolute Gasteiger partial charge is 1.00 e. The van der Waals surface area contributed by atoms with Crippen LogP contribution in [0, 0.1) is 0 Å². The quantitative estimate of drug-likeness (QED) is 0.281. The summed E-state index contributed by atoms with van der Waals surface area (Å²) < 4.78 is 39.5. The third-order valence-electron chi connectivity index (χ3n) is 5.98. The van der Waals surface area contributed by atoms with Gasteiger partial charge in [0, 0.05) is 5.69 Å². The number of esters is 1. The molecule has 2 aromatic carbocycles. The summed E-state index contributed by atoms with van der Waals surface area (Å²) in [4.78, 5) is 40.2. The minimum Gasteiger partial charge on any atom is -0.747 e. The van der Waals surface area contributed by atoms with Crippen LogP contribution in [0.2, 0.25) is 0 Å². The minimum atomic E-state index is -4.55. The van der Waals surface area contributed by atoms with Gasteiger partial charge in [0.2, 0.25) is 5.91 Å². The number of carbonyl (C=O) groups is 3. The van der Waals surface area contributed by atoms with Crippen molar-refractivity contribution in [3.05, 3.63) is 65.7 Å². The van der Waals surface area contributed by atoms with Gasteiger partial charge in [0.05, 0.1) is 17.8 Å². The molecule has 3 amide bonds. The van der Waals surface area contributed by atoms with E-state index in [4.69, 9.17) is 4.74 Å². The molecule has 0 spiro atoms. The molecule has 38 heavy (non-hydrogen) atoms. The Kier molecular flexibility index (Phi) is 11.5. The number of rotatable bonds is 7. The molecule has 0 aromatic heterocycles. The second kappa shape index (κ2) is 13.5. The number of anilines is 1. The van der Waals surface area contributed by atoms with Crippen LogP contribution in [0.1, 0.15) is 63.0 Å². The summed E-state index contributed by atoms with van der Waals surface area (Å²) in [6.45, 7) is 6.17. The normalized spacial score (nSPS) is 18.2. The molecule has 3 atom stereocenters. The maximum atomic E-state index is 13.3. The number of carbonyl (C=O) groups excluding carboxylic acids is 3. The molecule has 2 N–H and O–H groups in total. The topological polar surface area (TPSA) is 145 Å². The molecule has 10 nitrogen and oxygen atoms in total. The van der Waals surface area contributed by atoms with E-state index in [1.807, 2.05) is 30.3 Å². The van der Waals surface area contributed by atoms with E-state index >= 15 is 0 Å². The Morgan fingerprint density at radius 1 is 1.08 bits per heavy atom. The van der Waals surface area contributed by atoms with Crippen molar-refractivity contribution in [1.82, 2.24) is 10.2 Å². The van der Waals surface area contributed by atoms with E-state index in [-0.39, 0.29) is 75.2 Å². The van der Waals surface area contributed by atoms with E-state index in [1.54, 1.807) is 20.8 Å². The van der Waals surface area contributed by atoms with Crippen molar-refractivity contribution in [1.29, 1.82) is 0 Å². The summed E-state index contributed by atoms with van der Waals surface area (Å²) in [5, 5.41) is 3.74. The predicted molar refractivity (Wildman–Crippen MR) is 136 cm³/mol. The van der Waals surface area contributed by atoms with Crippen LogP contribution < -0.4 is 62.0 Å². The Bertz CT molecular complexity index is 1250. The fraction of sp³-hybridized carbons (Fsp3) is 0.423. The van der Waals surface area contributed by atoms with Gasteiger partial charge in [-0.15, -0.1) is 0 Å². The number of hydrogen-bond donors (Lipinski definition) is 2. The fourth-order valence-electron chi connectivity index (χ4n) is 4.22. The van der Waals surface area contributed by atoms with Crippen molar-refractivity contribution in [3.63, 3.8) is 0 Å². The average molecular weight is 570 g/mol. The van der Waals surface area contributed by atoms with Crippen LogP contribution in [0.3, 0.4) is 0 Å². The van der Waals surface area contributed by atoms with Gasteiger partial charge in [0.25, 0.3) is 0 Å². The van der Waals surface area contributed by atoms with Crippen molar-refractivity contribution in [2.24, 2.45) is 0 Å². The first kappa shape index (κ1) is 32.4. The van der Waals surface area contributed by atoms with E-state index < -0.39 is 44.9 Å². The molecular formula is C26H32KN3O7S. The molecule has 0 radical (unpaired) electrons. The van der Waals surface area contributed by atoms with Crippen LogP contribution in [0.25, 0.3) is 0 Å². The van der Waals surface area contributed by atoms with Crippen LogP contribution in [0.5, 0.6) is 0 Å². The molecule has 0 aliphatic carbocycles. The summed E-state index contributed by atoms with van der Waals surface area (Å²) >= 11 is 0. The molecule has 2 aromatic rings. The number of amides is 3. The zero-order valence-electron chi connectivity index (χ0n) is 22.3. The molecule has 1 aliphatic heterocycles. The van der Waals surface area contributed by atoms with Gasteiger partial charge in [0.1, 0.15) is 21.8 Å². The van der Waals surface area contributed by atoms with Crippen LogP contribution in [-0.4, -0.2) is 54.0 Å². The third-order valence-corrected chi connectivity index (χ3v) is 7.12. The molecular weight excluding hydrogens is 537 g/mol. The number of likely N-dealkylation sites (tertiary alicyclic amines) is 1. The summed E-state index contributed by atoms with van der Waals surface area (Å²) in [6.07, 6.45) is 0.999. The Morgan fingerprint density at radius 3 is 2.34 bits per heavy atom. The number of nitrogens with one attached hydrogen (secondary N) is 2. The summed E-state index contributed by atoms with van der Waals surface area (Å²) in [5.74, 6) is -0.944. The molecule has 1 saturated heterocycles. The van der Waals surface area contributed by atoms with Gasteiger partial charge < -0.3 is 24.8 Å². The van der Waals surface area contributed by atoms with Gasteiger partial charge >= 0.3 is 63.4 Å². The van der Waals surface area contributed by atoms with E-state index in [0.29, 0.717) is 12.8 Å². The Balaban J connectivity index is 0.00000507. The average Bonchev–Trinajstić information content (AvgIpc) is 3.27. The number of hydrogen-bond acceptors (Lipinski definition) is 7. The molecule has 0 saturated carbocycles. The zero-order chi connectivity index (χ0) is 27.4.